The van der Waals surface area contributed by atoms with Crippen molar-refractivity contribution in [2.45, 2.75) is 51.2 Å². The first-order valence-electron chi connectivity index (χ1n) is 6.30. The Morgan fingerprint density at radius 1 is 1.32 bits per heavy atom. The van der Waals surface area contributed by atoms with Crippen molar-refractivity contribution in [2.24, 2.45) is 11.5 Å². The molecule has 0 aromatic carbocycles. The minimum absolute atomic E-state index is 0.151. The number of primary amides is 2. The highest BCUT2D eigenvalue weighted by atomic mass is 16.6. The van der Waals surface area contributed by atoms with Crippen molar-refractivity contribution in [1.82, 2.24) is 4.90 Å². The predicted octanol–water partition coefficient (Wildman–Crippen LogP) is 0.117. The molecule has 1 atom stereocenters. The maximum Gasteiger partial charge on any atom is 0.405 e. The number of ether oxygens (including phenoxy) is 1. The van der Waals surface area contributed by atoms with Crippen LogP contribution in [0.3, 0.4) is 0 Å². The van der Waals surface area contributed by atoms with E-state index in [0.29, 0.717) is 19.4 Å². The van der Waals surface area contributed by atoms with Gasteiger partial charge in [-0.15, -0.1) is 0 Å². The summed E-state index contributed by atoms with van der Waals surface area (Å²) < 4.78 is 4.90. The fourth-order valence-electron chi connectivity index (χ4n) is 2.24. The number of amides is 3. The van der Waals surface area contributed by atoms with Crippen molar-refractivity contribution < 1.29 is 19.1 Å². The van der Waals surface area contributed by atoms with Crippen LogP contribution in [0.25, 0.3) is 0 Å². The number of carbonyl (C=O) groups is 3. The molecule has 19 heavy (non-hydrogen) atoms. The molecule has 0 spiro atoms. The molecule has 3 amide bonds. The summed E-state index contributed by atoms with van der Waals surface area (Å²) in [5, 5.41) is 0. The summed E-state index contributed by atoms with van der Waals surface area (Å²) in [7, 11) is 0. The molecule has 108 valence electrons. The van der Waals surface area contributed by atoms with Gasteiger partial charge in [-0.05, 0) is 33.1 Å². The van der Waals surface area contributed by atoms with Crippen LogP contribution in [-0.4, -0.2) is 41.0 Å². The molecule has 0 aromatic heterocycles. The molecule has 1 fully saturated rings. The smallest absolute Gasteiger partial charge is 0.405 e. The molecule has 0 aliphatic carbocycles. The van der Waals surface area contributed by atoms with Gasteiger partial charge in [0.05, 0.1) is 0 Å². The minimum atomic E-state index is -0.867. The summed E-state index contributed by atoms with van der Waals surface area (Å²) in [6, 6.07) is -0.507. The Labute approximate surface area is 112 Å². The van der Waals surface area contributed by atoms with E-state index in [-0.39, 0.29) is 12.3 Å². The number of hydrogen-bond acceptors (Lipinski definition) is 4. The number of nitrogens with zero attached hydrogens (tertiary/aromatic N) is 1. The normalized spacial score (nSPS) is 19.3. The largest absolute Gasteiger partial charge is 0.444 e. The summed E-state index contributed by atoms with van der Waals surface area (Å²) in [6.07, 6.45) is 1.05. The predicted molar refractivity (Wildman–Crippen MR) is 67.9 cm³/mol. The van der Waals surface area contributed by atoms with E-state index in [9.17, 15) is 14.4 Å². The Hall–Kier alpha value is -1.79. The van der Waals surface area contributed by atoms with Gasteiger partial charge >= 0.3 is 6.09 Å². The van der Waals surface area contributed by atoms with Gasteiger partial charge in [0.15, 0.2) is 0 Å². The first kappa shape index (κ1) is 15.3. The van der Waals surface area contributed by atoms with E-state index in [1.54, 1.807) is 13.8 Å². The van der Waals surface area contributed by atoms with E-state index in [0.717, 1.165) is 6.42 Å². The van der Waals surface area contributed by atoms with E-state index in [1.807, 2.05) is 0 Å². The van der Waals surface area contributed by atoms with Gasteiger partial charge in [-0.3, -0.25) is 9.59 Å². The van der Waals surface area contributed by atoms with E-state index in [1.165, 1.54) is 4.90 Å². The Kier molecular flexibility index (Phi) is 4.74. The molecule has 7 heteroatoms. The van der Waals surface area contributed by atoms with E-state index >= 15 is 0 Å². The molecule has 1 heterocycles. The van der Waals surface area contributed by atoms with E-state index in [4.69, 9.17) is 16.2 Å². The maximum absolute atomic E-state index is 12.0. The first-order valence-corrected chi connectivity index (χ1v) is 6.30. The van der Waals surface area contributed by atoms with Crippen molar-refractivity contribution >= 4 is 17.9 Å². The SMILES string of the molecule is CC(C)(CCC(=O)N1CCCC1C(N)=O)OC(N)=O. The fourth-order valence-corrected chi connectivity index (χ4v) is 2.24. The van der Waals surface area contributed by atoms with Gasteiger partial charge in [-0.2, -0.15) is 0 Å². The lowest BCUT2D eigenvalue weighted by Gasteiger charge is -2.26. The van der Waals surface area contributed by atoms with Crippen LogP contribution in [-0.2, 0) is 14.3 Å². The Bertz CT molecular complexity index is 381. The lowest BCUT2D eigenvalue weighted by molar-refractivity contribution is -0.138. The van der Waals surface area contributed by atoms with Crippen molar-refractivity contribution in [3.63, 3.8) is 0 Å². The third kappa shape index (κ3) is 4.42. The zero-order chi connectivity index (χ0) is 14.6. The molecule has 0 radical (unpaired) electrons. The Morgan fingerprint density at radius 3 is 2.47 bits per heavy atom. The van der Waals surface area contributed by atoms with Crippen molar-refractivity contribution in [3.05, 3.63) is 0 Å². The first-order chi connectivity index (χ1) is 8.73. The minimum Gasteiger partial charge on any atom is -0.444 e. The number of hydrogen-bond donors (Lipinski definition) is 2. The monoisotopic (exact) mass is 271 g/mol. The van der Waals surface area contributed by atoms with Crippen LogP contribution in [0.2, 0.25) is 0 Å². The molecule has 1 aliphatic heterocycles. The quantitative estimate of drug-likeness (QED) is 0.738. The van der Waals surface area contributed by atoms with Crippen LogP contribution in [0.15, 0.2) is 0 Å². The number of nitrogens with two attached hydrogens (primary N) is 2. The van der Waals surface area contributed by atoms with Gasteiger partial charge in [-0.25, -0.2) is 4.79 Å². The Balaban J connectivity index is 2.51. The zero-order valence-electron chi connectivity index (χ0n) is 11.3. The second-order valence-corrected chi connectivity index (χ2v) is 5.33. The average Bonchev–Trinajstić information content (AvgIpc) is 2.73. The Morgan fingerprint density at radius 2 is 1.95 bits per heavy atom. The van der Waals surface area contributed by atoms with E-state index in [2.05, 4.69) is 0 Å². The molecule has 1 aliphatic rings. The van der Waals surface area contributed by atoms with Crippen LogP contribution in [0, 0.1) is 0 Å². The number of likely N-dealkylation sites (tertiary alicyclic amines) is 1. The lowest BCUT2D eigenvalue weighted by Crippen LogP contribution is -2.44. The summed E-state index contributed by atoms with van der Waals surface area (Å²) in [5.41, 5.74) is 9.40. The molecule has 4 N–H and O–H groups in total. The van der Waals surface area contributed by atoms with Crippen LogP contribution >= 0.6 is 0 Å². The van der Waals surface area contributed by atoms with Gasteiger partial charge in [0.2, 0.25) is 11.8 Å². The van der Waals surface area contributed by atoms with Gasteiger partial charge in [0, 0.05) is 13.0 Å². The zero-order valence-corrected chi connectivity index (χ0v) is 11.3. The molecule has 0 saturated carbocycles. The molecular weight excluding hydrogens is 250 g/mol. The van der Waals surface area contributed by atoms with Crippen molar-refractivity contribution in [3.8, 4) is 0 Å². The van der Waals surface area contributed by atoms with Crippen molar-refractivity contribution in [2.75, 3.05) is 6.54 Å². The number of carbonyl (C=O) groups excluding carboxylic acids is 3. The summed E-state index contributed by atoms with van der Waals surface area (Å²) >= 11 is 0. The van der Waals surface area contributed by atoms with Crippen LogP contribution in [0.4, 0.5) is 4.79 Å². The average molecular weight is 271 g/mol. The van der Waals surface area contributed by atoms with E-state index < -0.39 is 23.6 Å². The molecule has 1 saturated heterocycles. The molecule has 1 rings (SSSR count). The van der Waals surface area contributed by atoms with Crippen LogP contribution < -0.4 is 11.5 Å². The standard InChI is InChI=1S/C12H21N3O4/c1-12(2,19-11(14)18)6-5-9(16)15-7-3-4-8(15)10(13)17/h8H,3-7H2,1-2H3,(H2,13,17)(H2,14,18). The second-order valence-electron chi connectivity index (χ2n) is 5.33. The highest BCUT2D eigenvalue weighted by Crippen LogP contribution is 2.22. The lowest BCUT2D eigenvalue weighted by atomic mass is 10.0. The van der Waals surface area contributed by atoms with Crippen LogP contribution in [0.1, 0.15) is 39.5 Å². The van der Waals surface area contributed by atoms with Gasteiger partial charge < -0.3 is 21.1 Å². The molecule has 0 aromatic rings. The molecule has 1 unspecified atom stereocenters. The van der Waals surface area contributed by atoms with Crippen molar-refractivity contribution in [1.29, 1.82) is 0 Å². The van der Waals surface area contributed by atoms with Gasteiger partial charge in [0.1, 0.15) is 11.6 Å². The van der Waals surface area contributed by atoms with Gasteiger partial charge in [-0.1, -0.05) is 0 Å². The third-order valence-corrected chi connectivity index (χ3v) is 3.22. The molecular formula is C12H21N3O4. The summed E-state index contributed by atoms with van der Waals surface area (Å²) in [4.78, 5) is 35.4. The van der Waals surface area contributed by atoms with Crippen LogP contribution in [0.5, 0.6) is 0 Å². The third-order valence-electron chi connectivity index (χ3n) is 3.22. The summed E-state index contributed by atoms with van der Waals surface area (Å²) in [5.74, 6) is -0.624. The molecule has 0 bridgehead atoms. The highest BCUT2D eigenvalue weighted by Gasteiger charge is 2.33. The van der Waals surface area contributed by atoms with Gasteiger partial charge in [0.25, 0.3) is 0 Å². The fraction of sp³-hybridized carbons (Fsp3) is 0.750. The maximum atomic E-state index is 12.0. The topological polar surface area (TPSA) is 116 Å². The number of rotatable bonds is 5. The molecule has 7 nitrogen and oxygen atoms in total. The second kappa shape index (κ2) is 5.90. The highest BCUT2D eigenvalue weighted by molar-refractivity contribution is 5.87. The summed E-state index contributed by atoms with van der Waals surface area (Å²) in [6.45, 7) is 3.91.